The maximum atomic E-state index is 13.2. The number of nitrogens with one attached hydrogen (secondary N) is 1. The van der Waals surface area contributed by atoms with E-state index >= 15 is 0 Å². The first-order valence-corrected chi connectivity index (χ1v) is 12.0. The lowest BCUT2D eigenvalue weighted by Gasteiger charge is -2.36. The summed E-state index contributed by atoms with van der Waals surface area (Å²) < 4.78 is 40.2. The number of anilines is 1. The van der Waals surface area contributed by atoms with Gasteiger partial charge < -0.3 is 10.2 Å². The number of amides is 1. The van der Waals surface area contributed by atoms with E-state index in [0.29, 0.717) is 31.7 Å². The van der Waals surface area contributed by atoms with Gasteiger partial charge in [0.05, 0.1) is 0 Å². The summed E-state index contributed by atoms with van der Waals surface area (Å²) >= 11 is 0. The van der Waals surface area contributed by atoms with E-state index in [2.05, 4.69) is 37.6 Å². The van der Waals surface area contributed by atoms with Gasteiger partial charge in [-0.15, -0.1) is 15.3 Å². The lowest BCUT2D eigenvalue weighted by atomic mass is 9.94. The molecule has 5 rings (SSSR count). The van der Waals surface area contributed by atoms with Gasteiger partial charge in [-0.25, -0.2) is 0 Å². The Balaban J connectivity index is 1.15. The Morgan fingerprint density at radius 3 is 2.51 bits per heavy atom. The molecular weight excluding hydrogens is 459 g/mol. The van der Waals surface area contributed by atoms with E-state index in [0.717, 1.165) is 37.0 Å². The summed E-state index contributed by atoms with van der Waals surface area (Å²) in [6.07, 6.45) is -1.36. The zero-order valence-electron chi connectivity index (χ0n) is 19.3. The van der Waals surface area contributed by atoms with Crippen molar-refractivity contribution in [2.24, 2.45) is 5.92 Å². The molecule has 1 unspecified atom stereocenters. The van der Waals surface area contributed by atoms with Crippen molar-refractivity contribution in [3.8, 4) is 0 Å². The smallest absolute Gasteiger partial charge is 0.355 e. The number of hydrogen-bond acceptors (Lipinski definition) is 6. The van der Waals surface area contributed by atoms with Crippen molar-refractivity contribution in [1.29, 1.82) is 0 Å². The maximum Gasteiger partial charge on any atom is 0.453 e. The average molecular weight is 488 g/mol. The molecule has 4 heterocycles. The SMILES string of the molecule is O=C(NC1CCCN(Cc2ccccc2)C1)C1CCN(c2ccc3nnc(C(F)(F)F)n3n2)CC1. The number of alkyl halides is 3. The van der Waals surface area contributed by atoms with E-state index in [1.165, 1.54) is 11.6 Å². The van der Waals surface area contributed by atoms with Crippen LogP contribution < -0.4 is 10.2 Å². The number of fused-ring (bicyclic) bond motifs is 1. The van der Waals surface area contributed by atoms with Crippen molar-refractivity contribution in [3.05, 3.63) is 53.9 Å². The van der Waals surface area contributed by atoms with Crippen LogP contribution in [0.2, 0.25) is 0 Å². The molecule has 2 saturated heterocycles. The second kappa shape index (κ2) is 9.80. The van der Waals surface area contributed by atoms with Gasteiger partial charge in [0.25, 0.3) is 5.82 Å². The van der Waals surface area contributed by atoms with E-state index in [9.17, 15) is 18.0 Å². The van der Waals surface area contributed by atoms with Crippen LogP contribution >= 0.6 is 0 Å². The highest BCUT2D eigenvalue weighted by atomic mass is 19.4. The number of piperidine rings is 2. The van der Waals surface area contributed by atoms with Crippen molar-refractivity contribution >= 4 is 17.4 Å². The Labute approximate surface area is 201 Å². The number of hydrogen-bond donors (Lipinski definition) is 1. The molecule has 2 aliphatic heterocycles. The summed E-state index contributed by atoms with van der Waals surface area (Å²) in [5.74, 6) is -0.763. The third kappa shape index (κ3) is 5.39. The predicted octanol–water partition coefficient (Wildman–Crippen LogP) is 3.14. The maximum absolute atomic E-state index is 13.2. The molecule has 1 amide bonds. The molecule has 35 heavy (non-hydrogen) atoms. The van der Waals surface area contributed by atoms with Gasteiger partial charge in [0.15, 0.2) is 5.65 Å². The second-order valence-electron chi connectivity index (χ2n) is 9.31. The highest BCUT2D eigenvalue weighted by Gasteiger charge is 2.38. The predicted molar refractivity (Wildman–Crippen MR) is 124 cm³/mol. The highest BCUT2D eigenvalue weighted by molar-refractivity contribution is 5.79. The molecule has 0 bridgehead atoms. The molecule has 0 radical (unpaired) electrons. The number of benzene rings is 1. The molecule has 0 aliphatic carbocycles. The van der Waals surface area contributed by atoms with Gasteiger partial charge in [0, 0.05) is 38.1 Å². The molecular formula is C24H28F3N7O. The van der Waals surface area contributed by atoms with Crippen molar-refractivity contribution in [1.82, 2.24) is 30.0 Å². The average Bonchev–Trinajstić information content (AvgIpc) is 3.29. The van der Waals surface area contributed by atoms with Gasteiger partial charge >= 0.3 is 6.18 Å². The van der Waals surface area contributed by atoms with Gasteiger partial charge in [-0.05, 0) is 49.9 Å². The third-order valence-electron chi connectivity index (χ3n) is 6.79. The molecule has 1 N–H and O–H groups in total. The van der Waals surface area contributed by atoms with E-state index < -0.39 is 12.0 Å². The van der Waals surface area contributed by atoms with Crippen LogP contribution in [-0.4, -0.2) is 62.8 Å². The third-order valence-corrected chi connectivity index (χ3v) is 6.79. The van der Waals surface area contributed by atoms with E-state index in [4.69, 9.17) is 0 Å². The van der Waals surface area contributed by atoms with E-state index in [1.54, 1.807) is 6.07 Å². The summed E-state index contributed by atoms with van der Waals surface area (Å²) in [4.78, 5) is 17.3. The normalized spacial score (nSPS) is 20.3. The Kier molecular flexibility index (Phi) is 6.59. The molecule has 1 atom stereocenters. The number of halogens is 3. The fourth-order valence-corrected chi connectivity index (χ4v) is 4.97. The molecule has 1 aromatic carbocycles. The molecule has 2 aromatic heterocycles. The van der Waals surface area contributed by atoms with Gasteiger partial charge in [-0.1, -0.05) is 30.3 Å². The minimum absolute atomic E-state index is 0.0455. The monoisotopic (exact) mass is 487 g/mol. The Bertz CT molecular complexity index is 1160. The molecule has 0 saturated carbocycles. The number of rotatable bonds is 5. The Morgan fingerprint density at radius 1 is 1.00 bits per heavy atom. The minimum atomic E-state index is -4.63. The molecule has 3 aromatic rings. The summed E-state index contributed by atoms with van der Waals surface area (Å²) in [7, 11) is 0. The summed E-state index contributed by atoms with van der Waals surface area (Å²) in [5.41, 5.74) is 1.32. The van der Waals surface area contributed by atoms with Crippen molar-refractivity contribution < 1.29 is 18.0 Å². The van der Waals surface area contributed by atoms with Crippen LogP contribution in [-0.2, 0) is 17.5 Å². The largest absolute Gasteiger partial charge is 0.453 e. The lowest BCUT2D eigenvalue weighted by molar-refractivity contribution is -0.146. The Morgan fingerprint density at radius 2 is 1.77 bits per heavy atom. The fourth-order valence-electron chi connectivity index (χ4n) is 4.97. The standard InChI is InChI=1S/C24H28F3N7O/c25-24(26,27)23-30-29-20-8-9-21(31-34(20)23)33-13-10-18(11-14-33)22(35)28-19-7-4-12-32(16-19)15-17-5-2-1-3-6-17/h1-3,5-6,8-9,18-19H,4,7,10-16H2,(H,28,35). The van der Waals surface area contributed by atoms with Gasteiger partial charge in [0.1, 0.15) is 5.82 Å². The van der Waals surface area contributed by atoms with Crippen LogP contribution in [0, 0.1) is 5.92 Å². The van der Waals surface area contributed by atoms with Crippen LogP contribution in [0.5, 0.6) is 0 Å². The van der Waals surface area contributed by atoms with E-state index in [1.807, 2.05) is 23.1 Å². The van der Waals surface area contributed by atoms with Crippen LogP contribution in [0.4, 0.5) is 19.0 Å². The van der Waals surface area contributed by atoms with E-state index in [-0.39, 0.29) is 23.5 Å². The quantitative estimate of drug-likeness (QED) is 0.596. The molecule has 0 spiro atoms. The zero-order valence-corrected chi connectivity index (χ0v) is 19.3. The molecule has 186 valence electrons. The van der Waals surface area contributed by atoms with Crippen LogP contribution in [0.3, 0.4) is 0 Å². The summed E-state index contributed by atoms with van der Waals surface area (Å²) in [6, 6.07) is 13.6. The molecule has 2 aliphatic rings. The Hall–Kier alpha value is -3.21. The van der Waals surface area contributed by atoms with Crippen LogP contribution in [0.15, 0.2) is 42.5 Å². The minimum Gasteiger partial charge on any atom is -0.355 e. The number of aromatic nitrogens is 4. The first-order chi connectivity index (χ1) is 16.9. The molecule has 8 nitrogen and oxygen atoms in total. The fraction of sp³-hybridized carbons (Fsp3) is 0.500. The highest BCUT2D eigenvalue weighted by Crippen LogP contribution is 2.29. The summed E-state index contributed by atoms with van der Waals surface area (Å²) in [5, 5.41) is 14.1. The van der Waals surface area contributed by atoms with Crippen molar-refractivity contribution in [2.75, 3.05) is 31.1 Å². The van der Waals surface area contributed by atoms with Crippen molar-refractivity contribution in [2.45, 2.75) is 44.4 Å². The first kappa shape index (κ1) is 23.5. The number of carbonyl (C=O) groups excluding carboxylic acids is 1. The molecule has 2 fully saturated rings. The topological polar surface area (TPSA) is 78.7 Å². The number of likely N-dealkylation sites (tertiary alicyclic amines) is 1. The molecule has 11 heteroatoms. The number of nitrogens with zero attached hydrogens (tertiary/aromatic N) is 6. The first-order valence-electron chi connectivity index (χ1n) is 12.0. The summed E-state index contributed by atoms with van der Waals surface area (Å²) in [6.45, 7) is 3.84. The van der Waals surface area contributed by atoms with Gasteiger partial charge in [0.2, 0.25) is 5.91 Å². The number of carbonyl (C=O) groups is 1. The van der Waals surface area contributed by atoms with Crippen LogP contribution in [0.1, 0.15) is 37.1 Å². The zero-order chi connectivity index (χ0) is 24.4. The van der Waals surface area contributed by atoms with Gasteiger partial charge in [-0.3, -0.25) is 9.69 Å². The second-order valence-corrected chi connectivity index (χ2v) is 9.31. The van der Waals surface area contributed by atoms with Crippen LogP contribution in [0.25, 0.3) is 5.65 Å². The lowest BCUT2D eigenvalue weighted by Crippen LogP contribution is -2.50. The van der Waals surface area contributed by atoms with Gasteiger partial charge in [-0.2, -0.15) is 17.7 Å². The van der Waals surface area contributed by atoms with Crippen molar-refractivity contribution in [3.63, 3.8) is 0 Å².